The Labute approximate surface area is 83.4 Å². The highest BCUT2D eigenvalue weighted by Crippen LogP contribution is 2.37. The SMILES string of the molecule is C#CCCCC12OCC(C)(CO1)OO2. The van der Waals surface area contributed by atoms with Gasteiger partial charge in [-0.1, -0.05) is 0 Å². The van der Waals surface area contributed by atoms with Crippen LogP contribution >= 0.6 is 0 Å². The first-order chi connectivity index (χ1) is 6.68. The molecule has 4 heteroatoms. The number of hydrogen-bond donors (Lipinski definition) is 0. The first-order valence-corrected chi connectivity index (χ1v) is 4.76. The summed E-state index contributed by atoms with van der Waals surface area (Å²) in [6.07, 6.45) is 7.25. The topological polar surface area (TPSA) is 36.9 Å². The summed E-state index contributed by atoms with van der Waals surface area (Å²) in [6.45, 7) is 2.89. The summed E-state index contributed by atoms with van der Waals surface area (Å²) in [7, 11) is 0. The van der Waals surface area contributed by atoms with E-state index >= 15 is 0 Å². The molecule has 0 aromatic heterocycles. The molecule has 0 aliphatic carbocycles. The molecule has 0 radical (unpaired) electrons. The number of fused-ring (bicyclic) bond motifs is 3. The Balaban J connectivity index is 1.89. The molecule has 0 spiro atoms. The van der Waals surface area contributed by atoms with Crippen LogP contribution < -0.4 is 0 Å². The van der Waals surface area contributed by atoms with Crippen molar-refractivity contribution in [1.82, 2.24) is 0 Å². The van der Waals surface area contributed by atoms with Crippen molar-refractivity contribution in [3.8, 4) is 12.3 Å². The maximum Gasteiger partial charge on any atom is 0.312 e. The average Bonchev–Trinajstić information content (AvgIpc) is 2.21. The minimum atomic E-state index is -1.01. The molecule has 3 aliphatic heterocycles. The van der Waals surface area contributed by atoms with Gasteiger partial charge in [0.25, 0.3) is 0 Å². The summed E-state index contributed by atoms with van der Waals surface area (Å²) in [5.41, 5.74) is -0.451. The first kappa shape index (κ1) is 9.94. The lowest BCUT2D eigenvalue weighted by Gasteiger charge is -2.48. The summed E-state index contributed by atoms with van der Waals surface area (Å²) in [5, 5.41) is 0. The second-order valence-corrected chi connectivity index (χ2v) is 3.93. The van der Waals surface area contributed by atoms with Crippen molar-refractivity contribution < 1.29 is 19.2 Å². The Morgan fingerprint density at radius 1 is 1.29 bits per heavy atom. The van der Waals surface area contributed by atoms with Crippen LogP contribution in [0.4, 0.5) is 0 Å². The van der Waals surface area contributed by atoms with Gasteiger partial charge in [-0.05, 0) is 13.3 Å². The molecular weight excluding hydrogens is 184 g/mol. The van der Waals surface area contributed by atoms with Crippen LogP contribution in [-0.4, -0.2) is 24.8 Å². The Kier molecular flexibility index (Phi) is 2.50. The first-order valence-electron chi connectivity index (χ1n) is 4.76. The van der Waals surface area contributed by atoms with Gasteiger partial charge in [-0.3, -0.25) is 0 Å². The Bertz CT molecular complexity index is 231. The van der Waals surface area contributed by atoms with Gasteiger partial charge in [0.2, 0.25) is 0 Å². The van der Waals surface area contributed by atoms with E-state index in [2.05, 4.69) is 5.92 Å². The lowest BCUT2D eigenvalue weighted by Crippen LogP contribution is -2.61. The Morgan fingerprint density at radius 3 is 2.50 bits per heavy atom. The van der Waals surface area contributed by atoms with E-state index in [0.29, 0.717) is 26.1 Å². The van der Waals surface area contributed by atoms with Gasteiger partial charge in [-0.2, -0.15) is 4.89 Å². The smallest absolute Gasteiger partial charge is 0.312 e. The molecule has 2 bridgehead atoms. The van der Waals surface area contributed by atoms with Gasteiger partial charge >= 0.3 is 5.97 Å². The molecule has 0 unspecified atom stereocenters. The molecule has 3 aliphatic rings. The molecule has 3 fully saturated rings. The summed E-state index contributed by atoms with van der Waals surface area (Å²) in [6, 6.07) is 0. The molecular formula is C10H14O4. The van der Waals surface area contributed by atoms with E-state index in [4.69, 9.17) is 25.7 Å². The molecule has 0 aromatic carbocycles. The van der Waals surface area contributed by atoms with Crippen molar-refractivity contribution in [3.05, 3.63) is 0 Å². The van der Waals surface area contributed by atoms with Gasteiger partial charge in [0.1, 0.15) is 5.60 Å². The van der Waals surface area contributed by atoms with Crippen molar-refractivity contribution in [2.24, 2.45) is 0 Å². The van der Waals surface area contributed by atoms with Crippen LogP contribution in [0.2, 0.25) is 0 Å². The maximum absolute atomic E-state index is 5.48. The predicted octanol–water partition coefficient (Wildman–Crippen LogP) is 1.21. The van der Waals surface area contributed by atoms with Gasteiger partial charge in [-0.15, -0.1) is 12.3 Å². The minimum absolute atomic E-state index is 0.451. The zero-order valence-electron chi connectivity index (χ0n) is 8.25. The summed E-state index contributed by atoms with van der Waals surface area (Å²) >= 11 is 0. The summed E-state index contributed by atoms with van der Waals surface area (Å²) < 4.78 is 11.0. The van der Waals surface area contributed by atoms with Crippen LogP contribution in [-0.2, 0) is 19.2 Å². The van der Waals surface area contributed by atoms with Gasteiger partial charge in [0.05, 0.1) is 13.2 Å². The van der Waals surface area contributed by atoms with Crippen LogP contribution in [0.25, 0.3) is 0 Å². The van der Waals surface area contributed by atoms with E-state index in [9.17, 15) is 0 Å². The fraction of sp³-hybridized carbons (Fsp3) is 0.800. The van der Waals surface area contributed by atoms with E-state index in [0.717, 1.165) is 6.42 Å². The molecule has 4 nitrogen and oxygen atoms in total. The molecule has 0 atom stereocenters. The van der Waals surface area contributed by atoms with Gasteiger partial charge < -0.3 is 9.47 Å². The van der Waals surface area contributed by atoms with Crippen LogP contribution in [0.5, 0.6) is 0 Å². The quantitative estimate of drug-likeness (QED) is 0.388. The Hall–Kier alpha value is -0.600. The molecule has 3 saturated heterocycles. The molecule has 0 amide bonds. The third-order valence-corrected chi connectivity index (χ3v) is 2.37. The lowest BCUT2D eigenvalue weighted by molar-refractivity contribution is -0.612. The standard InChI is InChI=1S/C10H14O4/c1-3-4-5-6-10-11-7-9(2,8-12-10)13-14-10/h1H,4-8H2,2H3. The van der Waals surface area contributed by atoms with Crippen molar-refractivity contribution >= 4 is 0 Å². The molecule has 3 heterocycles. The molecule has 78 valence electrons. The lowest BCUT2D eigenvalue weighted by atomic mass is 10.1. The zero-order chi connectivity index (χ0) is 10.1. The van der Waals surface area contributed by atoms with Crippen molar-refractivity contribution in [2.75, 3.05) is 13.2 Å². The van der Waals surface area contributed by atoms with E-state index in [1.54, 1.807) is 0 Å². The minimum Gasteiger partial charge on any atom is -0.322 e. The highest BCUT2D eigenvalue weighted by Gasteiger charge is 2.52. The van der Waals surface area contributed by atoms with Gasteiger partial charge in [-0.25, -0.2) is 4.89 Å². The number of rotatable bonds is 3. The molecule has 3 rings (SSSR count). The van der Waals surface area contributed by atoms with E-state index < -0.39 is 11.6 Å². The molecule has 0 saturated carbocycles. The third kappa shape index (κ3) is 1.77. The highest BCUT2D eigenvalue weighted by atomic mass is 17.3. The second-order valence-electron chi connectivity index (χ2n) is 3.93. The van der Waals surface area contributed by atoms with Crippen LogP contribution in [0.1, 0.15) is 26.2 Å². The fourth-order valence-electron chi connectivity index (χ4n) is 1.46. The van der Waals surface area contributed by atoms with Crippen molar-refractivity contribution in [3.63, 3.8) is 0 Å². The van der Waals surface area contributed by atoms with E-state index in [1.807, 2.05) is 6.92 Å². The molecule has 0 N–H and O–H groups in total. The summed E-state index contributed by atoms with van der Waals surface area (Å²) in [4.78, 5) is 10.3. The van der Waals surface area contributed by atoms with Gasteiger partial charge in [0, 0.05) is 12.8 Å². The largest absolute Gasteiger partial charge is 0.322 e. The second kappa shape index (κ2) is 3.52. The maximum atomic E-state index is 5.48. The van der Waals surface area contributed by atoms with Gasteiger partial charge in [0.15, 0.2) is 0 Å². The number of ether oxygens (including phenoxy) is 2. The van der Waals surface area contributed by atoms with Crippen LogP contribution in [0.15, 0.2) is 0 Å². The van der Waals surface area contributed by atoms with E-state index in [1.165, 1.54) is 0 Å². The van der Waals surface area contributed by atoms with Crippen molar-refractivity contribution in [2.45, 2.75) is 37.8 Å². The Morgan fingerprint density at radius 2 is 2.00 bits per heavy atom. The molecule has 0 aromatic rings. The highest BCUT2D eigenvalue weighted by molar-refractivity contribution is 4.86. The number of terminal acetylenes is 1. The average molecular weight is 198 g/mol. The zero-order valence-corrected chi connectivity index (χ0v) is 8.25. The number of unbranched alkanes of at least 4 members (excludes halogenated alkanes) is 1. The number of hydrogen-bond acceptors (Lipinski definition) is 4. The summed E-state index contributed by atoms with van der Waals surface area (Å²) in [5.74, 6) is 1.56. The van der Waals surface area contributed by atoms with E-state index in [-0.39, 0.29) is 0 Å². The van der Waals surface area contributed by atoms with Crippen molar-refractivity contribution in [1.29, 1.82) is 0 Å². The monoisotopic (exact) mass is 198 g/mol. The molecule has 14 heavy (non-hydrogen) atoms. The van der Waals surface area contributed by atoms with Crippen LogP contribution in [0, 0.1) is 12.3 Å². The normalized spacial score (nSPS) is 40.9. The third-order valence-electron chi connectivity index (χ3n) is 2.37. The fourth-order valence-corrected chi connectivity index (χ4v) is 1.46. The van der Waals surface area contributed by atoms with Crippen LogP contribution in [0.3, 0.4) is 0 Å². The predicted molar refractivity (Wildman–Crippen MR) is 47.9 cm³/mol.